The van der Waals surface area contributed by atoms with Crippen LogP contribution >= 0.6 is 35.0 Å². The van der Waals surface area contributed by atoms with Crippen molar-refractivity contribution >= 4 is 45.0 Å². The number of rotatable bonds is 5. The third kappa shape index (κ3) is 4.85. The molecule has 1 atom stereocenters. The number of hydrogen-bond donors (Lipinski definition) is 1. The molecule has 1 aromatic carbocycles. The molecule has 1 N–H and O–H groups in total. The highest BCUT2D eigenvalue weighted by molar-refractivity contribution is 7.99. The summed E-state index contributed by atoms with van der Waals surface area (Å²) in [6.45, 7) is 4.37. The van der Waals surface area contributed by atoms with E-state index in [2.05, 4.69) is 9.62 Å². The van der Waals surface area contributed by atoms with Crippen LogP contribution in [0.1, 0.15) is 24.8 Å². The van der Waals surface area contributed by atoms with Gasteiger partial charge >= 0.3 is 0 Å². The zero-order valence-electron chi connectivity index (χ0n) is 14.3. The van der Waals surface area contributed by atoms with Gasteiger partial charge in [-0.2, -0.15) is 11.8 Å². The zero-order chi connectivity index (χ0) is 18.0. The maximum absolute atomic E-state index is 12.6. The van der Waals surface area contributed by atoms with Gasteiger partial charge in [0.2, 0.25) is 10.0 Å². The Morgan fingerprint density at radius 2 is 1.92 bits per heavy atom. The molecule has 0 spiro atoms. The number of piperidine rings is 1. The Labute approximate surface area is 164 Å². The van der Waals surface area contributed by atoms with E-state index in [0.29, 0.717) is 23.0 Å². The molecule has 1 aromatic rings. The highest BCUT2D eigenvalue weighted by Crippen LogP contribution is 2.29. The highest BCUT2D eigenvalue weighted by Gasteiger charge is 2.28. The monoisotopic (exact) mass is 422 g/mol. The summed E-state index contributed by atoms with van der Waals surface area (Å²) in [6.07, 6.45) is 3.37. The first-order valence-corrected chi connectivity index (χ1v) is 12.0. The van der Waals surface area contributed by atoms with Gasteiger partial charge in [0, 0.05) is 23.4 Å². The number of sulfonamides is 1. The molecule has 2 saturated heterocycles. The van der Waals surface area contributed by atoms with Crippen LogP contribution in [0.3, 0.4) is 0 Å². The number of nitrogens with one attached hydrogen (secondary N) is 1. The molecule has 0 aromatic heterocycles. The molecule has 2 fully saturated rings. The van der Waals surface area contributed by atoms with Crippen LogP contribution in [0.25, 0.3) is 0 Å². The van der Waals surface area contributed by atoms with Crippen molar-refractivity contribution in [3.8, 4) is 0 Å². The molecule has 2 heterocycles. The fraction of sp³-hybridized carbons (Fsp3) is 0.647. The Balaban J connectivity index is 1.55. The molecule has 0 radical (unpaired) electrons. The Hall–Kier alpha value is 0.0200. The van der Waals surface area contributed by atoms with Gasteiger partial charge in [-0.1, -0.05) is 23.2 Å². The molecule has 140 valence electrons. The number of halogens is 2. The normalized spacial score (nSPS) is 23.2. The van der Waals surface area contributed by atoms with Crippen LogP contribution in [-0.4, -0.2) is 50.5 Å². The van der Waals surface area contributed by atoms with E-state index in [1.165, 1.54) is 30.1 Å². The summed E-state index contributed by atoms with van der Waals surface area (Å²) in [5.74, 6) is 2.89. The minimum Gasteiger partial charge on any atom is -0.300 e. The van der Waals surface area contributed by atoms with Gasteiger partial charge in [0.25, 0.3) is 0 Å². The highest BCUT2D eigenvalue weighted by atomic mass is 35.5. The SMILES string of the molecule is Cc1cc(S(=O)(=O)NCC2CCN([C@H]3CCSC3)CC2)c(Cl)cc1Cl. The standard InChI is InChI=1S/C17H24Cl2N2O2S2/c1-12-8-17(16(19)9-15(12)18)25(22,23)20-10-13-2-5-21(6-3-13)14-4-7-24-11-14/h8-9,13-14,20H,2-7,10-11H2,1H3/t14-/m0/s1. The molecular formula is C17H24Cl2N2O2S2. The van der Waals surface area contributed by atoms with Crippen molar-refractivity contribution in [2.45, 2.75) is 37.1 Å². The van der Waals surface area contributed by atoms with Crippen molar-refractivity contribution in [3.63, 3.8) is 0 Å². The number of aryl methyl sites for hydroxylation is 1. The van der Waals surface area contributed by atoms with Crippen molar-refractivity contribution in [1.29, 1.82) is 0 Å². The number of likely N-dealkylation sites (tertiary alicyclic amines) is 1. The van der Waals surface area contributed by atoms with Gasteiger partial charge in [0.15, 0.2) is 0 Å². The van der Waals surface area contributed by atoms with Gasteiger partial charge in [0.05, 0.1) is 5.02 Å². The Morgan fingerprint density at radius 1 is 1.20 bits per heavy atom. The average molecular weight is 423 g/mol. The van der Waals surface area contributed by atoms with Gasteiger partial charge in [-0.05, 0) is 68.6 Å². The van der Waals surface area contributed by atoms with Crippen molar-refractivity contribution in [2.75, 3.05) is 31.1 Å². The van der Waals surface area contributed by atoms with Gasteiger partial charge < -0.3 is 0 Å². The smallest absolute Gasteiger partial charge is 0.242 e. The van der Waals surface area contributed by atoms with Crippen molar-refractivity contribution in [2.24, 2.45) is 5.92 Å². The second-order valence-corrected chi connectivity index (χ2v) is 10.6. The maximum Gasteiger partial charge on any atom is 0.242 e. The van der Waals surface area contributed by atoms with E-state index in [-0.39, 0.29) is 9.92 Å². The third-order valence-corrected chi connectivity index (χ3v) is 8.58. The first-order chi connectivity index (χ1) is 11.9. The van der Waals surface area contributed by atoms with Gasteiger partial charge in [-0.25, -0.2) is 13.1 Å². The van der Waals surface area contributed by atoms with E-state index in [1.807, 2.05) is 11.8 Å². The van der Waals surface area contributed by atoms with Crippen molar-refractivity contribution < 1.29 is 8.42 Å². The molecule has 0 bridgehead atoms. The van der Waals surface area contributed by atoms with Gasteiger partial charge in [-0.3, -0.25) is 4.90 Å². The Morgan fingerprint density at radius 3 is 2.56 bits per heavy atom. The lowest BCUT2D eigenvalue weighted by Gasteiger charge is -2.35. The maximum atomic E-state index is 12.6. The molecule has 3 rings (SSSR count). The van der Waals surface area contributed by atoms with E-state index in [9.17, 15) is 8.42 Å². The summed E-state index contributed by atoms with van der Waals surface area (Å²) in [5, 5.41) is 0.637. The van der Waals surface area contributed by atoms with Crippen LogP contribution in [0, 0.1) is 12.8 Å². The molecular weight excluding hydrogens is 399 g/mol. The first kappa shape index (κ1) is 19.8. The lowest BCUT2D eigenvalue weighted by molar-refractivity contribution is 0.145. The molecule has 2 aliphatic heterocycles. The van der Waals surface area contributed by atoms with E-state index in [4.69, 9.17) is 23.2 Å². The molecule has 4 nitrogen and oxygen atoms in total. The molecule has 2 aliphatic rings. The van der Waals surface area contributed by atoms with Crippen LogP contribution in [0.5, 0.6) is 0 Å². The fourth-order valence-corrected chi connectivity index (χ4v) is 6.68. The fourth-order valence-electron chi connectivity index (χ4n) is 3.47. The van der Waals surface area contributed by atoms with Gasteiger partial charge in [0.1, 0.15) is 4.90 Å². The number of benzene rings is 1. The summed E-state index contributed by atoms with van der Waals surface area (Å²) in [7, 11) is -3.62. The van der Waals surface area contributed by atoms with Crippen molar-refractivity contribution in [3.05, 3.63) is 27.7 Å². The average Bonchev–Trinajstić information content (AvgIpc) is 3.11. The Kier molecular flexibility index (Phi) is 6.61. The Bertz CT molecular complexity index is 714. The predicted molar refractivity (Wildman–Crippen MR) is 106 cm³/mol. The lowest BCUT2D eigenvalue weighted by atomic mass is 9.96. The summed E-state index contributed by atoms with van der Waals surface area (Å²) in [4.78, 5) is 2.68. The molecule has 0 amide bonds. The summed E-state index contributed by atoms with van der Waals surface area (Å²) < 4.78 is 27.9. The number of hydrogen-bond acceptors (Lipinski definition) is 4. The first-order valence-electron chi connectivity index (χ1n) is 8.64. The molecule has 25 heavy (non-hydrogen) atoms. The second-order valence-electron chi connectivity index (χ2n) is 6.88. The van der Waals surface area contributed by atoms with E-state index in [1.54, 1.807) is 6.92 Å². The summed E-state index contributed by atoms with van der Waals surface area (Å²) in [5.41, 5.74) is 0.703. The summed E-state index contributed by atoms with van der Waals surface area (Å²) in [6, 6.07) is 3.75. The van der Waals surface area contributed by atoms with E-state index >= 15 is 0 Å². The van der Waals surface area contributed by atoms with E-state index in [0.717, 1.165) is 32.0 Å². The van der Waals surface area contributed by atoms with Crippen LogP contribution in [-0.2, 0) is 10.0 Å². The van der Waals surface area contributed by atoms with E-state index < -0.39 is 10.0 Å². The van der Waals surface area contributed by atoms with Crippen LogP contribution in [0.2, 0.25) is 10.0 Å². The summed E-state index contributed by atoms with van der Waals surface area (Å²) >= 11 is 14.1. The van der Waals surface area contributed by atoms with Gasteiger partial charge in [-0.15, -0.1) is 0 Å². The minimum absolute atomic E-state index is 0.108. The second kappa shape index (κ2) is 8.36. The molecule has 0 unspecified atom stereocenters. The molecule has 0 aliphatic carbocycles. The number of thioether (sulfide) groups is 1. The lowest BCUT2D eigenvalue weighted by Crippen LogP contribution is -2.43. The largest absolute Gasteiger partial charge is 0.300 e. The topological polar surface area (TPSA) is 49.4 Å². The van der Waals surface area contributed by atoms with Crippen LogP contribution in [0.4, 0.5) is 0 Å². The molecule has 8 heteroatoms. The van der Waals surface area contributed by atoms with Crippen LogP contribution < -0.4 is 4.72 Å². The number of nitrogens with zero attached hydrogens (tertiary/aromatic N) is 1. The third-order valence-electron chi connectivity index (χ3n) is 5.14. The van der Waals surface area contributed by atoms with Crippen LogP contribution in [0.15, 0.2) is 17.0 Å². The zero-order valence-corrected chi connectivity index (χ0v) is 17.4. The quantitative estimate of drug-likeness (QED) is 0.783. The van der Waals surface area contributed by atoms with Crippen molar-refractivity contribution in [1.82, 2.24) is 9.62 Å². The molecule has 0 saturated carbocycles. The predicted octanol–water partition coefficient (Wildman–Crippen LogP) is 3.80. The minimum atomic E-state index is -3.62.